The Morgan fingerprint density at radius 1 is 1.19 bits per heavy atom. The lowest BCUT2D eigenvalue weighted by Gasteiger charge is -2.08. The number of benzene rings is 1. The van der Waals surface area contributed by atoms with Crippen LogP contribution in [-0.4, -0.2) is 9.97 Å². The van der Waals surface area contributed by atoms with Gasteiger partial charge in [0.1, 0.15) is 17.3 Å². The third-order valence-electron chi connectivity index (χ3n) is 2.13. The summed E-state index contributed by atoms with van der Waals surface area (Å²) in [7, 11) is 0. The molecule has 16 heavy (non-hydrogen) atoms. The largest absolute Gasteiger partial charge is 0.340 e. The van der Waals surface area contributed by atoms with Gasteiger partial charge in [-0.3, -0.25) is 0 Å². The fraction of sp³-hybridized carbons (Fsp3) is 0.0909. The molecule has 2 aromatic rings. The van der Waals surface area contributed by atoms with Gasteiger partial charge in [0.05, 0.1) is 0 Å². The van der Waals surface area contributed by atoms with E-state index in [0.29, 0.717) is 5.15 Å². The first kappa shape index (κ1) is 11.6. The second kappa shape index (κ2) is 4.97. The second-order valence-electron chi connectivity index (χ2n) is 3.27. The molecule has 0 fully saturated rings. The van der Waals surface area contributed by atoms with E-state index in [4.69, 9.17) is 11.6 Å². The maximum Gasteiger partial charge on any atom is 0.138 e. The molecule has 0 aliphatic heterocycles. The highest BCUT2D eigenvalue weighted by Gasteiger charge is 2.04. The minimum absolute atomic E-state index is 0.475. The van der Waals surface area contributed by atoms with E-state index in [0.717, 1.165) is 17.1 Å². The molecule has 2 rings (SSSR count). The van der Waals surface area contributed by atoms with Crippen molar-refractivity contribution >= 4 is 45.7 Å². The lowest BCUT2D eigenvalue weighted by Crippen LogP contribution is -1.97. The molecule has 1 N–H and O–H groups in total. The predicted molar refractivity (Wildman–Crippen MR) is 74.2 cm³/mol. The molecule has 0 spiro atoms. The van der Waals surface area contributed by atoms with Crippen LogP contribution in [0.2, 0.25) is 5.15 Å². The average Bonchev–Trinajstić information content (AvgIpc) is 2.28. The van der Waals surface area contributed by atoms with Gasteiger partial charge in [-0.2, -0.15) is 0 Å². The van der Waals surface area contributed by atoms with Crippen LogP contribution in [0.25, 0.3) is 0 Å². The molecule has 0 amide bonds. The van der Waals surface area contributed by atoms with Crippen molar-refractivity contribution in [1.82, 2.24) is 9.97 Å². The molecular weight excluding hydrogens is 336 g/mol. The number of hydrogen-bond acceptors (Lipinski definition) is 3. The summed E-state index contributed by atoms with van der Waals surface area (Å²) in [6.45, 7) is 1.89. The minimum Gasteiger partial charge on any atom is -0.340 e. The highest BCUT2D eigenvalue weighted by molar-refractivity contribution is 14.1. The first-order chi connectivity index (χ1) is 7.66. The molecule has 0 aliphatic carbocycles. The fourth-order valence-corrected chi connectivity index (χ4v) is 1.72. The molecule has 0 unspecified atom stereocenters. The van der Waals surface area contributed by atoms with Crippen LogP contribution in [0.3, 0.4) is 0 Å². The van der Waals surface area contributed by atoms with Crippen LogP contribution in [-0.2, 0) is 0 Å². The summed E-state index contributed by atoms with van der Waals surface area (Å²) in [5, 5.41) is 3.68. The Labute approximate surface area is 112 Å². The second-order valence-corrected chi connectivity index (χ2v) is 4.87. The van der Waals surface area contributed by atoms with Gasteiger partial charge in [-0.05, 0) is 53.8 Å². The Morgan fingerprint density at radius 3 is 2.56 bits per heavy atom. The number of rotatable bonds is 2. The predicted octanol–water partition coefficient (Wildman–Crippen LogP) is 3.79. The molecule has 1 aromatic heterocycles. The highest BCUT2D eigenvalue weighted by atomic mass is 127. The van der Waals surface area contributed by atoms with E-state index in [2.05, 4.69) is 37.9 Å². The van der Waals surface area contributed by atoms with E-state index in [1.807, 2.05) is 31.2 Å². The number of halogens is 2. The molecule has 0 radical (unpaired) electrons. The molecule has 0 saturated heterocycles. The van der Waals surface area contributed by atoms with Crippen molar-refractivity contribution in [3.05, 3.63) is 44.9 Å². The van der Waals surface area contributed by atoms with Crippen LogP contribution in [0, 0.1) is 10.5 Å². The van der Waals surface area contributed by atoms with Gasteiger partial charge >= 0.3 is 0 Å². The van der Waals surface area contributed by atoms with E-state index in [1.165, 1.54) is 9.90 Å². The first-order valence-electron chi connectivity index (χ1n) is 4.66. The SMILES string of the molecule is Cc1c(Cl)ncnc1Nc1ccc(I)cc1. The van der Waals surface area contributed by atoms with E-state index in [-0.39, 0.29) is 0 Å². The van der Waals surface area contributed by atoms with Crippen molar-refractivity contribution in [2.24, 2.45) is 0 Å². The molecule has 82 valence electrons. The first-order valence-corrected chi connectivity index (χ1v) is 6.12. The number of anilines is 2. The van der Waals surface area contributed by atoms with Crippen LogP contribution in [0.5, 0.6) is 0 Å². The number of aromatic nitrogens is 2. The maximum absolute atomic E-state index is 5.91. The molecule has 3 nitrogen and oxygen atoms in total. The number of nitrogens with one attached hydrogen (secondary N) is 1. The van der Waals surface area contributed by atoms with Crippen molar-refractivity contribution in [2.75, 3.05) is 5.32 Å². The summed E-state index contributed by atoms with van der Waals surface area (Å²) in [5.41, 5.74) is 1.83. The monoisotopic (exact) mass is 345 g/mol. The zero-order chi connectivity index (χ0) is 11.5. The van der Waals surface area contributed by atoms with Crippen LogP contribution in [0.1, 0.15) is 5.56 Å². The summed E-state index contributed by atoms with van der Waals surface area (Å²) >= 11 is 8.18. The Kier molecular flexibility index (Phi) is 3.60. The minimum atomic E-state index is 0.475. The van der Waals surface area contributed by atoms with Gasteiger partial charge in [0, 0.05) is 14.8 Å². The molecule has 1 aromatic carbocycles. The summed E-state index contributed by atoms with van der Waals surface area (Å²) in [4.78, 5) is 8.06. The van der Waals surface area contributed by atoms with Crippen molar-refractivity contribution in [3.8, 4) is 0 Å². The Morgan fingerprint density at radius 2 is 1.88 bits per heavy atom. The van der Waals surface area contributed by atoms with E-state index in [9.17, 15) is 0 Å². The smallest absolute Gasteiger partial charge is 0.138 e. The van der Waals surface area contributed by atoms with Gasteiger partial charge in [0.2, 0.25) is 0 Å². The quantitative estimate of drug-likeness (QED) is 0.665. The van der Waals surface area contributed by atoms with Gasteiger partial charge in [-0.25, -0.2) is 9.97 Å². The molecule has 0 aliphatic rings. The lowest BCUT2D eigenvalue weighted by atomic mass is 10.3. The third kappa shape index (κ3) is 2.62. The summed E-state index contributed by atoms with van der Waals surface area (Å²) in [6.07, 6.45) is 1.45. The van der Waals surface area contributed by atoms with Crippen LogP contribution in [0.4, 0.5) is 11.5 Å². The Bertz CT molecular complexity index is 499. The normalized spacial score (nSPS) is 10.2. The van der Waals surface area contributed by atoms with Crippen LogP contribution >= 0.6 is 34.2 Å². The summed E-state index contributed by atoms with van der Waals surface area (Å²) in [6, 6.07) is 8.05. The standard InChI is InChI=1S/C11H9ClIN3/c1-7-10(12)14-6-15-11(7)16-9-4-2-8(13)3-5-9/h2-6H,1H3,(H,14,15,16). The lowest BCUT2D eigenvalue weighted by molar-refractivity contribution is 1.13. The summed E-state index contributed by atoms with van der Waals surface area (Å²) < 4.78 is 1.19. The van der Waals surface area contributed by atoms with Gasteiger partial charge in [-0.1, -0.05) is 11.6 Å². The van der Waals surface area contributed by atoms with Crippen LogP contribution in [0.15, 0.2) is 30.6 Å². The van der Waals surface area contributed by atoms with Crippen LogP contribution < -0.4 is 5.32 Å². The molecule has 0 saturated carbocycles. The average molecular weight is 346 g/mol. The highest BCUT2D eigenvalue weighted by Crippen LogP contribution is 2.22. The van der Waals surface area contributed by atoms with Crippen molar-refractivity contribution in [2.45, 2.75) is 6.92 Å². The van der Waals surface area contributed by atoms with E-state index < -0.39 is 0 Å². The van der Waals surface area contributed by atoms with Gasteiger partial charge in [0.15, 0.2) is 0 Å². The zero-order valence-corrected chi connectivity index (χ0v) is 11.5. The zero-order valence-electron chi connectivity index (χ0n) is 8.54. The molecule has 0 bridgehead atoms. The topological polar surface area (TPSA) is 37.8 Å². The third-order valence-corrected chi connectivity index (χ3v) is 3.23. The molecular formula is C11H9ClIN3. The van der Waals surface area contributed by atoms with Crippen molar-refractivity contribution in [1.29, 1.82) is 0 Å². The van der Waals surface area contributed by atoms with Crippen molar-refractivity contribution in [3.63, 3.8) is 0 Å². The molecule has 5 heteroatoms. The molecule has 0 atom stereocenters. The van der Waals surface area contributed by atoms with E-state index >= 15 is 0 Å². The van der Waals surface area contributed by atoms with Gasteiger partial charge < -0.3 is 5.32 Å². The Balaban J connectivity index is 2.27. The summed E-state index contributed by atoms with van der Waals surface area (Å²) in [5.74, 6) is 0.737. The number of hydrogen-bond donors (Lipinski definition) is 1. The van der Waals surface area contributed by atoms with Crippen molar-refractivity contribution < 1.29 is 0 Å². The fourth-order valence-electron chi connectivity index (χ4n) is 1.22. The maximum atomic E-state index is 5.91. The molecule has 1 heterocycles. The Hall–Kier alpha value is -0.880. The van der Waals surface area contributed by atoms with Gasteiger partial charge in [-0.15, -0.1) is 0 Å². The van der Waals surface area contributed by atoms with E-state index in [1.54, 1.807) is 0 Å². The van der Waals surface area contributed by atoms with Gasteiger partial charge in [0.25, 0.3) is 0 Å². The number of nitrogens with zero attached hydrogens (tertiary/aromatic N) is 2.